The van der Waals surface area contributed by atoms with Crippen LogP contribution >= 0.6 is 0 Å². The Labute approximate surface area is 185 Å². The van der Waals surface area contributed by atoms with Crippen molar-refractivity contribution in [2.75, 3.05) is 0 Å². The van der Waals surface area contributed by atoms with Crippen molar-refractivity contribution in [3.05, 3.63) is 60.2 Å². The molecule has 4 aliphatic rings. The number of amides is 1. The van der Waals surface area contributed by atoms with Crippen molar-refractivity contribution in [3.63, 3.8) is 0 Å². The molecule has 1 N–H and O–H groups in total. The molecule has 0 saturated heterocycles. The number of carbonyl (C=O) groups excluding carboxylic acids is 1. The molecule has 31 heavy (non-hydrogen) atoms. The molecule has 4 aliphatic carbocycles. The zero-order chi connectivity index (χ0) is 21.6. The second-order valence-corrected chi connectivity index (χ2v) is 12.0. The summed E-state index contributed by atoms with van der Waals surface area (Å²) in [5, 5.41) is 3.34. The molecule has 4 nitrogen and oxygen atoms in total. The normalized spacial score (nSPS) is 30.2. The standard InChI is InChI=1S/C26H31NO3S/c1-2-24(26-15-18-12-19(16-26)14-20(13-18)17-26)27-25(28)21-8-10-23(11-9-21)31(29,30)22-6-4-3-5-7-22/h3-11,18-20,24H,2,12-17H2,1H3,(H,27,28)/t18?,19?,20?,24-,26?/m0/s1. The van der Waals surface area contributed by atoms with Gasteiger partial charge in [0, 0.05) is 11.6 Å². The van der Waals surface area contributed by atoms with Gasteiger partial charge < -0.3 is 5.32 Å². The zero-order valence-electron chi connectivity index (χ0n) is 18.1. The molecule has 4 fully saturated rings. The summed E-state index contributed by atoms with van der Waals surface area (Å²) >= 11 is 0. The maximum atomic E-state index is 13.1. The van der Waals surface area contributed by atoms with Gasteiger partial charge in [0.05, 0.1) is 9.79 Å². The van der Waals surface area contributed by atoms with Gasteiger partial charge >= 0.3 is 0 Å². The van der Waals surface area contributed by atoms with Crippen LogP contribution in [0.25, 0.3) is 0 Å². The minimum atomic E-state index is -3.57. The van der Waals surface area contributed by atoms with Gasteiger partial charge in [-0.2, -0.15) is 0 Å². The number of benzene rings is 2. The van der Waals surface area contributed by atoms with Gasteiger partial charge in [-0.05, 0) is 105 Å². The van der Waals surface area contributed by atoms with Crippen LogP contribution in [0.5, 0.6) is 0 Å². The summed E-state index contributed by atoms with van der Waals surface area (Å²) in [6, 6.07) is 15.0. The molecule has 1 amide bonds. The van der Waals surface area contributed by atoms with Gasteiger partial charge in [0.2, 0.25) is 9.84 Å². The summed E-state index contributed by atoms with van der Waals surface area (Å²) in [7, 11) is -3.57. The predicted octanol–water partition coefficient (Wildman–Crippen LogP) is 5.24. The third kappa shape index (κ3) is 3.71. The third-order valence-electron chi connectivity index (χ3n) is 8.02. The lowest BCUT2D eigenvalue weighted by atomic mass is 9.47. The van der Waals surface area contributed by atoms with Gasteiger partial charge in [-0.25, -0.2) is 8.42 Å². The SMILES string of the molecule is CC[C@H](NC(=O)c1ccc(S(=O)(=O)c2ccccc2)cc1)C12CC3CC(CC(C3)C1)C2. The fourth-order valence-electron chi connectivity index (χ4n) is 7.06. The molecule has 4 saturated carbocycles. The highest BCUT2D eigenvalue weighted by Gasteiger charge is 2.54. The van der Waals surface area contributed by atoms with Crippen LogP contribution < -0.4 is 5.32 Å². The molecular weight excluding hydrogens is 406 g/mol. The van der Waals surface area contributed by atoms with Crippen LogP contribution in [-0.2, 0) is 9.84 Å². The van der Waals surface area contributed by atoms with E-state index in [1.165, 1.54) is 38.5 Å². The largest absolute Gasteiger partial charge is 0.349 e. The summed E-state index contributed by atoms with van der Waals surface area (Å²) in [4.78, 5) is 13.6. The summed E-state index contributed by atoms with van der Waals surface area (Å²) in [5.41, 5.74) is 0.783. The van der Waals surface area contributed by atoms with E-state index in [2.05, 4.69) is 12.2 Å². The minimum absolute atomic E-state index is 0.0914. The highest BCUT2D eigenvalue weighted by Crippen LogP contribution is 2.61. The van der Waals surface area contributed by atoms with E-state index < -0.39 is 9.84 Å². The third-order valence-corrected chi connectivity index (χ3v) is 9.80. The molecule has 0 aromatic heterocycles. The molecule has 5 heteroatoms. The molecule has 164 valence electrons. The van der Waals surface area contributed by atoms with Gasteiger partial charge in [-0.15, -0.1) is 0 Å². The van der Waals surface area contributed by atoms with Crippen LogP contribution in [0.4, 0.5) is 0 Å². The second kappa shape index (κ2) is 7.77. The van der Waals surface area contributed by atoms with Crippen LogP contribution in [0.3, 0.4) is 0 Å². The van der Waals surface area contributed by atoms with E-state index in [4.69, 9.17) is 0 Å². The van der Waals surface area contributed by atoms with Crippen LogP contribution in [0.15, 0.2) is 64.4 Å². The van der Waals surface area contributed by atoms with Crippen molar-refractivity contribution in [3.8, 4) is 0 Å². The quantitative estimate of drug-likeness (QED) is 0.672. The molecule has 1 atom stereocenters. The molecule has 0 unspecified atom stereocenters. The first kappa shape index (κ1) is 20.7. The minimum Gasteiger partial charge on any atom is -0.349 e. The summed E-state index contributed by atoms with van der Waals surface area (Å²) in [6.07, 6.45) is 8.88. The Morgan fingerprint density at radius 3 is 1.94 bits per heavy atom. The first-order valence-corrected chi connectivity index (χ1v) is 13.1. The molecular formula is C26H31NO3S. The monoisotopic (exact) mass is 437 g/mol. The van der Waals surface area contributed by atoms with Gasteiger partial charge in [-0.1, -0.05) is 25.1 Å². The lowest BCUT2D eigenvalue weighted by Crippen LogP contribution is -2.56. The van der Waals surface area contributed by atoms with E-state index >= 15 is 0 Å². The Morgan fingerprint density at radius 2 is 1.42 bits per heavy atom. The van der Waals surface area contributed by atoms with Crippen molar-refractivity contribution < 1.29 is 13.2 Å². The lowest BCUT2D eigenvalue weighted by Gasteiger charge is -2.59. The van der Waals surface area contributed by atoms with Crippen LogP contribution in [-0.4, -0.2) is 20.4 Å². The van der Waals surface area contributed by atoms with Crippen molar-refractivity contribution >= 4 is 15.7 Å². The Morgan fingerprint density at radius 1 is 0.903 bits per heavy atom. The highest BCUT2D eigenvalue weighted by atomic mass is 32.2. The van der Waals surface area contributed by atoms with Crippen molar-refractivity contribution in [1.82, 2.24) is 5.32 Å². The number of hydrogen-bond acceptors (Lipinski definition) is 3. The number of rotatable bonds is 6. The van der Waals surface area contributed by atoms with Crippen molar-refractivity contribution in [2.45, 2.75) is 67.7 Å². The molecule has 0 radical (unpaired) electrons. The average Bonchev–Trinajstić information content (AvgIpc) is 2.77. The zero-order valence-corrected chi connectivity index (χ0v) is 18.9. The van der Waals surface area contributed by atoms with E-state index in [1.54, 1.807) is 54.6 Å². The summed E-state index contributed by atoms with van der Waals surface area (Å²) in [6.45, 7) is 2.18. The topological polar surface area (TPSA) is 63.2 Å². The van der Waals surface area contributed by atoms with E-state index in [-0.39, 0.29) is 27.2 Å². The predicted molar refractivity (Wildman–Crippen MR) is 120 cm³/mol. The first-order valence-electron chi connectivity index (χ1n) is 11.6. The van der Waals surface area contributed by atoms with Gasteiger partial charge in [0.1, 0.15) is 0 Å². The maximum absolute atomic E-state index is 13.1. The van der Waals surface area contributed by atoms with Crippen LogP contribution in [0.2, 0.25) is 0 Å². The number of nitrogens with one attached hydrogen (secondary N) is 1. The molecule has 2 aromatic carbocycles. The Balaban J connectivity index is 1.32. The van der Waals surface area contributed by atoms with E-state index in [9.17, 15) is 13.2 Å². The van der Waals surface area contributed by atoms with Crippen LogP contribution in [0.1, 0.15) is 62.2 Å². The fraction of sp³-hybridized carbons (Fsp3) is 0.500. The number of sulfone groups is 1. The first-order chi connectivity index (χ1) is 14.9. The second-order valence-electron chi connectivity index (χ2n) is 10.1. The number of carbonyl (C=O) groups is 1. The van der Waals surface area contributed by atoms with E-state index in [1.807, 2.05) is 0 Å². The summed E-state index contributed by atoms with van der Waals surface area (Å²) in [5.74, 6) is 2.45. The van der Waals surface area contributed by atoms with Gasteiger partial charge in [0.25, 0.3) is 5.91 Å². The molecule has 0 aliphatic heterocycles. The smallest absolute Gasteiger partial charge is 0.251 e. The Kier molecular flexibility index (Phi) is 5.20. The molecule has 0 spiro atoms. The highest BCUT2D eigenvalue weighted by molar-refractivity contribution is 7.91. The van der Waals surface area contributed by atoms with E-state index in [0.717, 1.165) is 24.2 Å². The lowest BCUT2D eigenvalue weighted by molar-refractivity contribution is -0.0727. The number of hydrogen-bond donors (Lipinski definition) is 1. The van der Waals surface area contributed by atoms with Crippen LogP contribution in [0, 0.1) is 23.2 Å². The van der Waals surface area contributed by atoms with E-state index in [0.29, 0.717) is 5.56 Å². The van der Waals surface area contributed by atoms with Gasteiger partial charge in [-0.3, -0.25) is 4.79 Å². The average molecular weight is 438 g/mol. The Hall–Kier alpha value is -2.14. The molecule has 6 rings (SSSR count). The van der Waals surface area contributed by atoms with Crippen molar-refractivity contribution in [2.24, 2.45) is 23.2 Å². The molecule has 4 bridgehead atoms. The Bertz CT molecular complexity index is 1020. The maximum Gasteiger partial charge on any atom is 0.251 e. The fourth-order valence-corrected chi connectivity index (χ4v) is 8.34. The van der Waals surface area contributed by atoms with Gasteiger partial charge in [0.15, 0.2) is 0 Å². The van der Waals surface area contributed by atoms with Crippen molar-refractivity contribution in [1.29, 1.82) is 0 Å². The molecule has 2 aromatic rings. The summed E-state index contributed by atoms with van der Waals surface area (Å²) < 4.78 is 25.6. The molecule has 0 heterocycles.